The number of rotatable bonds is 6. The molecule has 5 nitrogen and oxygen atoms in total. The zero-order chi connectivity index (χ0) is 22.1. The smallest absolute Gasteiger partial charge is 0.266 e. The number of carbonyl (C=O) groups excluding carboxylic acids is 1. The summed E-state index contributed by atoms with van der Waals surface area (Å²) in [6.07, 6.45) is 5.26. The normalized spacial score (nSPS) is 14.2. The van der Waals surface area contributed by atoms with Gasteiger partial charge in [0, 0.05) is 29.2 Å². The van der Waals surface area contributed by atoms with Crippen molar-refractivity contribution in [1.29, 1.82) is 0 Å². The van der Waals surface area contributed by atoms with Gasteiger partial charge >= 0.3 is 0 Å². The van der Waals surface area contributed by atoms with Crippen LogP contribution >= 0.6 is 22.9 Å². The number of thiophene rings is 1. The van der Waals surface area contributed by atoms with E-state index in [1.54, 1.807) is 11.2 Å². The molecule has 3 aromatic heterocycles. The molecule has 0 unspecified atom stereocenters. The molecule has 0 radical (unpaired) electrons. The Morgan fingerprint density at radius 2 is 1.91 bits per heavy atom. The van der Waals surface area contributed by atoms with Crippen LogP contribution in [-0.2, 0) is 13.1 Å². The summed E-state index contributed by atoms with van der Waals surface area (Å²) in [4.78, 5) is 18.2. The number of carbonyl (C=O) groups is 1. The molecule has 1 amide bonds. The summed E-state index contributed by atoms with van der Waals surface area (Å²) in [6.45, 7) is 4.75. The molecular weight excluding hydrogens is 444 g/mol. The molecule has 4 aromatic rings. The van der Waals surface area contributed by atoms with Gasteiger partial charge in [-0.05, 0) is 56.0 Å². The summed E-state index contributed by atoms with van der Waals surface area (Å²) >= 11 is 8.08. The van der Waals surface area contributed by atoms with Crippen LogP contribution in [0.2, 0.25) is 5.02 Å². The van der Waals surface area contributed by atoms with E-state index in [0.29, 0.717) is 28.7 Å². The molecule has 1 saturated heterocycles. The number of fused-ring (bicyclic) bond motifs is 1. The first-order valence-corrected chi connectivity index (χ1v) is 12.1. The molecule has 0 bridgehead atoms. The third-order valence-corrected chi connectivity index (χ3v) is 7.50. The van der Waals surface area contributed by atoms with Crippen LogP contribution in [0.5, 0.6) is 0 Å². The molecule has 0 N–H and O–H groups in total. The van der Waals surface area contributed by atoms with Crippen molar-refractivity contribution in [3.63, 3.8) is 0 Å². The van der Waals surface area contributed by atoms with Crippen LogP contribution < -0.4 is 4.90 Å². The Labute approximate surface area is 196 Å². The minimum absolute atomic E-state index is 0.124. The average Bonchev–Trinajstić information content (AvgIpc) is 3.55. The van der Waals surface area contributed by atoms with E-state index in [1.807, 2.05) is 43.3 Å². The van der Waals surface area contributed by atoms with Gasteiger partial charge in [0.1, 0.15) is 16.4 Å². The lowest BCUT2D eigenvalue weighted by molar-refractivity contribution is 0.0710. The number of hydrogen-bond donors (Lipinski definition) is 0. The maximum Gasteiger partial charge on any atom is 0.266 e. The summed E-state index contributed by atoms with van der Waals surface area (Å²) in [7, 11) is 0. The van der Waals surface area contributed by atoms with E-state index in [2.05, 4.69) is 11.0 Å². The highest BCUT2D eigenvalue weighted by atomic mass is 35.5. The number of amides is 1. The van der Waals surface area contributed by atoms with E-state index < -0.39 is 0 Å². The number of benzene rings is 1. The summed E-state index contributed by atoms with van der Waals surface area (Å²) in [5, 5.41) is 1.42. The average molecular weight is 469 g/mol. The molecule has 0 spiro atoms. The maximum atomic E-state index is 13.6. The van der Waals surface area contributed by atoms with Crippen LogP contribution in [0.15, 0.2) is 57.6 Å². The van der Waals surface area contributed by atoms with Crippen LogP contribution in [-0.4, -0.2) is 23.9 Å². The van der Waals surface area contributed by atoms with Gasteiger partial charge in [0.05, 0.1) is 24.4 Å². The van der Waals surface area contributed by atoms with Crippen molar-refractivity contribution in [3.05, 3.63) is 75.7 Å². The Hall–Kier alpha value is -2.70. The van der Waals surface area contributed by atoms with Gasteiger partial charge in [0.25, 0.3) is 5.91 Å². The number of aryl methyl sites for hydroxylation is 1. The number of furan rings is 2. The van der Waals surface area contributed by atoms with Gasteiger partial charge in [0.15, 0.2) is 5.88 Å². The summed E-state index contributed by atoms with van der Waals surface area (Å²) in [5.74, 6) is 2.22. The third kappa shape index (κ3) is 4.30. The fraction of sp³-hybridized carbons (Fsp3) is 0.320. The second kappa shape index (κ2) is 9.04. The van der Waals surface area contributed by atoms with Crippen LogP contribution in [0.25, 0.3) is 10.1 Å². The minimum Gasteiger partial charge on any atom is -0.467 e. The second-order valence-electron chi connectivity index (χ2n) is 8.27. The summed E-state index contributed by atoms with van der Waals surface area (Å²) < 4.78 is 12.7. The highest BCUT2D eigenvalue weighted by Crippen LogP contribution is 2.37. The van der Waals surface area contributed by atoms with Gasteiger partial charge in [-0.3, -0.25) is 4.79 Å². The fourth-order valence-corrected chi connectivity index (χ4v) is 5.75. The summed E-state index contributed by atoms with van der Waals surface area (Å²) in [6, 6.07) is 13.7. The van der Waals surface area contributed by atoms with E-state index in [-0.39, 0.29) is 5.91 Å². The van der Waals surface area contributed by atoms with E-state index >= 15 is 0 Å². The van der Waals surface area contributed by atoms with E-state index in [9.17, 15) is 4.79 Å². The Morgan fingerprint density at radius 1 is 1.09 bits per heavy atom. The Bertz CT molecular complexity index is 1220. The molecule has 0 atom stereocenters. The van der Waals surface area contributed by atoms with Gasteiger partial charge in [0.2, 0.25) is 0 Å². The third-order valence-electron chi connectivity index (χ3n) is 5.86. The van der Waals surface area contributed by atoms with Crippen molar-refractivity contribution < 1.29 is 13.6 Å². The molecule has 5 rings (SSSR count). The number of piperidine rings is 1. The van der Waals surface area contributed by atoms with Crippen molar-refractivity contribution in [2.75, 3.05) is 18.0 Å². The quantitative estimate of drug-likeness (QED) is 0.309. The molecule has 7 heteroatoms. The number of anilines is 1. The lowest BCUT2D eigenvalue weighted by Crippen LogP contribution is -2.30. The topological polar surface area (TPSA) is 49.8 Å². The standard InChI is InChI=1S/C25H25ClN2O3S/c1-17-7-9-20-21(14-17)32-24(23(20)26)25(29)28(15-18-6-5-13-30-18)16-19-8-10-22(31-19)27-11-3-2-4-12-27/h5-10,13-14H,2-4,11-12,15-16H2,1H3. The van der Waals surface area contributed by atoms with Gasteiger partial charge < -0.3 is 18.6 Å². The highest BCUT2D eigenvalue weighted by molar-refractivity contribution is 7.21. The Balaban J connectivity index is 1.43. The molecule has 1 aliphatic rings. The van der Waals surface area contributed by atoms with Crippen molar-refractivity contribution >= 4 is 44.8 Å². The monoisotopic (exact) mass is 468 g/mol. The van der Waals surface area contributed by atoms with Gasteiger partial charge in [-0.25, -0.2) is 0 Å². The van der Waals surface area contributed by atoms with Gasteiger partial charge in [-0.15, -0.1) is 11.3 Å². The number of halogens is 1. The molecule has 166 valence electrons. The van der Waals surface area contributed by atoms with E-state index in [4.69, 9.17) is 20.4 Å². The molecule has 0 aliphatic carbocycles. The fourth-order valence-electron chi connectivity index (χ4n) is 4.17. The SMILES string of the molecule is Cc1ccc2c(Cl)c(C(=O)N(Cc3ccco3)Cc3ccc(N4CCCCC4)o3)sc2c1. The van der Waals surface area contributed by atoms with Gasteiger partial charge in [-0.1, -0.05) is 23.7 Å². The first-order valence-electron chi connectivity index (χ1n) is 10.9. The maximum absolute atomic E-state index is 13.6. The van der Waals surface area contributed by atoms with Crippen LogP contribution in [0.4, 0.5) is 5.88 Å². The second-order valence-corrected chi connectivity index (χ2v) is 9.70. The van der Waals surface area contributed by atoms with Crippen molar-refractivity contribution in [2.24, 2.45) is 0 Å². The first kappa shape index (κ1) is 21.2. The zero-order valence-electron chi connectivity index (χ0n) is 18.0. The molecule has 32 heavy (non-hydrogen) atoms. The van der Waals surface area contributed by atoms with Crippen LogP contribution in [0, 0.1) is 6.92 Å². The Morgan fingerprint density at radius 3 is 2.69 bits per heavy atom. The molecule has 1 aliphatic heterocycles. The molecule has 4 heterocycles. The van der Waals surface area contributed by atoms with Crippen molar-refractivity contribution in [3.8, 4) is 0 Å². The molecule has 0 saturated carbocycles. The highest BCUT2D eigenvalue weighted by Gasteiger charge is 2.25. The summed E-state index contributed by atoms with van der Waals surface area (Å²) in [5.41, 5.74) is 1.14. The number of hydrogen-bond acceptors (Lipinski definition) is 5. The zero-order valence-corrected chi connectivity index (χ0v) is 19.5. The van der Waals surface area contributed by atoms with E-state index in [0.717, 1.165) is 40.4 Å². The molecule has 1 aromatic carbocycles. The number of nitrogens with zero attached hydrogens (tertiary/aromatic N) is 2. The molecule has 1 fully saturated rings. The Kier molecular flexibility index (Phi) is 5.98. The molecular formula is C25H25ClN2O3S. The van der Waals surface area contributed by atoms with Crippen LogP contribution in [0.3, 0.4) is 0 Å². The van der Waals surface area contributed by atoms with Crippen molar-refractivity contribution in [1.82, 2.24) is 4.90 Å². The lowest BCUT2D eigenvalue weighted by atomic mass is 10.1. The minimum atomic E-state index is -0.124. The van der Waals surface area contributed by atoms with E-state index in [1.165, 1.54) is 30.6 Å². The predicted octanol–water partition coefficient (Wildman–Crippen LogP) is 6.88. The lowest BCUT2D eigenvalue weighted by Gasteiger charge is -2.26. The van der Waals surface area contributed by atoms with Crippen LogP contribution in [0.1, 0.15) is 46.0 Å². The van der Waals surface area contributed by atoms with Gasteiger partial charge in [-0.2, -0.15) is 0 Å². The van der Waals surface area contributed by atoms with Crippen molar-refractivity contribution in [2.45, 2.75) is 39.3 Å². The predicted molar refractivity (Wildman–Crippen MR) is 129 cm³/mol. The first-order chi connectivity index (χ1) is 15.6. The largest absolute Gasteiger partial charge is 0.467 e.